The molecule has 7 heavy (non-hydrogen) atoms. The van der Waals surface area contributed by atoms with E-state index >= 15 is 0 Å². The second kappa shape index (κ2) is 3.66. The maximum Gasteiger partial charge on any atom is 0.166 e. The largest absolute Gasteiger partial charge is 0.361 e. The minimum atomic E-state index is 0. The Morgan fingerprint density at radius 3 is 1.86 bits per heavy atom. The predicted octanol–water partition coefficient (Wildman–Crippen LogP) is -0.917. The van der Waals surface area contributed by atoms with Gasteiger partial charge in [-0.3, -0.25) is 0 Å². The Morgan fingerprint density at radius 1 is 1.29 bits per heavy atom. The molecule has 0 saturated carbocycles. The van der Waals surface area contributed by atoms with Gasteiger partial charge >= 0.3 is 0 Å². The van der Waals surface area contributed by atoms with Crippen LogP contribution < -0.4 is 10.6 Å². The summed E-state index contributed by atoms with van der Waals surface area (Å²) in [5, 5.41) is 6.67. The van der Waals surface area contributed by atoms with Gasteiger partial charge in [0.15, 0.2) is 5.11 Å². The van der Waals surface area contributed by atoms with Crippen LogP contribution in [0.25, 0.3) is 0 Å². The van der Waals surface area contributed by atoms with Crippen molar-refractivity contribution in [2.24, 2.45) is 0 Å². The maximum atomic E-state index is 4.70. The van der Waals surface area contributed by atoms with Crippen LogP contribution in [0.15, 0.2) is 0 Å². The first-order valence-electron chi connectivity index (χ1n) is 1.91. The molecule has 1 aliphatic heterocycles. The van der Waals surface area contributed by atoms with Crippen molar-refractivity contribution in [2.75, 3.05) is 13.1 Å². The summed E-state index contributed by atoms with van der Waals surface area (Å²) in [6.07, 6.45) is 0. The van der Waals surface area contributed by atoms with Crippen LogP contribution in [0.5, 0.6) is 0 Å². The van der Waals surface area contributed by atoms with Gasteiger partial charge in [-0.1, -0.05) is 0 Å². The van der Waals surface area contributed by atoms with Crippen molar-refractivity contribution in [1.29, 1.82) is 0 Å². The van der Waals surface area contributed by atoms with Gasteiger partial charge in [0.2, 0.25) is 0 Å². The van der Waals surface area contributed by atoms with E-state index in [1.165, 1.54) is 0 Å². The molecular formula is C3H6N2NaS. The van der Waals surface area contributed by atoms with E-state index in [-0.39, 0.29) is 29.6 Å². The smallest absolute Gasteiger partial charge is 0.166 e. The van der Waals surface area contributed by atoms with Crippen LogP contribution in [0, 0.1) is 0 Å². The standard InChI is InChI=1S/C3H6N2S.Na/c6-3-4-1-2-5-3;/h1-2H2,(H2,4,5,6);. The van der Waals surface area contributed by atoms with E-state index in [4.69, 9.17) is 12.2 Å². The fourth-order valence-electron chi connectivity index (χ4n) is 0.415. The van der Waals surface area contributed by atoms with Crippen molar-refractivity contribution in [2.45, 2.75) is 0 Å². The predicted molar refractivity (Wildman–Crippen MR) is 34.4 cm³/mol. The third-order valence-electron chi connectivity index (χ3n) is 0.696. The Kier molecular flexibility index (Phi) is 4.02. The van der Waals surface area contributed by atoms with Crippen molar-refractivity contribution < 1.29 is 0 Å². The molecule has 0 bridgehead atoms. The monoisotopic (exact) mass is 125 g/mol. The second-order valence-corrected chi connectivity index (χ2v) is 1.59. The molecule has 0 aromatic rings. The van der Waals surface area contributed by atoms with Crippen LogP contribution in [0.4, 0.5) is 0 Å². The van der Waals surface area contributed by atoms with E-state index in [0.29, 0.717) is 0 Å². The van der Waals surface area contributed by atoms with Crippen molar-refractivity contribution in [3.63, 3.8) is 0 Å². The minimum absolute atomic E-state index is 0. The molecule has 0 unspecified atom stereocenters. The summed E-state index contributed by atoms with van der Waals surface area (Å²) in [6, 6.07) is 0. The first-order valence-corrected chi connectivity index (χ1v) is 2.32. The van der Waals surface area contributed by atoms with Crippen molar-refractivity contribution in [1.82, 2.24) is 10.6 Å². The van der Waals surface area contributed by atoms with Gasteiger partial charge in [0.1, 0.15) is 0 Å². The molecule has 1 radical (unpaired) electrons. The Bertz CT molecular complexity index is 67.3. The summed E-state index contributed by atoms with van der Waals surface area (Å²) in [5.74, 6) is 0. The van der Waals surface area contributed by atoms with E-state index in [9.17, 15) is 0 Å². The molecule has 1 aliphatic rings. The molecule has 0 aromatic heterocycles. The molecule has 4 heteroatoms. The molecule has 0 aliphatic carbocycles. The van der Waals surface area contributed by atoms with Crippen molar-refractivity contribution in [3.05, 3.63) is 0 Å². The van der Waals surface area contributed by atoms with Crippen LogP contribution in [0.2, 0.25) is 0 Å². The van der Waals surface area contributed by atoms with E-state index in [2.05, 4.69) is 10.6 Å². The van der Waals surface area contributed by atoms with E-state index < -0.39 is 0 Å². The summed E-state index contributed by atoms with van der Waals surface area (Å²) in [7, 11) is 0. The van der Waals surface area contributed by atoms with Crippen molar-refractivity contribution >= 4 is 46.9 Å². The molecule has 1 rings (SSSR count). The quantitative estimate of drug-likeness (QED) is 0.323. The normalized spacial score (nSPS) is 16.9. The molecule has 0 aromatic carbocycles. The number of hydrogen-bond donors (Lipinski definition) is 2. The first kappa shape index (κ1) is 7.69. The average Bonchev–Trinajstić information content (AvgIpc) is 1.86. The molecule has 0 spiro atoms. The third-order valence-corrected chi connectivity index (χ3v) is 0.985. The number of nitrogens with one attached hydrogen (secondary N) is 2. The van der Waals surface area contributed by atoms with Gasteiger partial charge in [-0.15, -0.1) is 0 Å². The zero-order chi connectivity index (χ0) is 4.41. The van der Waals surface area contributed by atoms with Crippen LogP contribution in [0.1, 0.15) is 0 Å². The Labute approximate surface area is 70.3 Å². The summed E-state index contributed by atoms with van der Waals surface area (Å²) in [6.45, 7) is 1.97. The average molecular weight is 125 g/mol. The topological polar surface area (TPSA) is 24.1 Å². The molecule has 2 nitrogen and oxygen atoms in total. The fraction of sp³-hybridized carbons (Fsp3) is 0.667. The number of rotatable bonds is 0. The Morgan fingerprint density at radius 2 is 1.71 bits per heavy atom. The van der Waals surface area contributed by atoms with Gasteiger partial charge in [-0.2, -0.15) is 0 Å². The number of hydrogen-bond acceptors (Lipinski definition) is 1. The molecule has 2 N–H and O–H groups in total. The van der Waals surface area contributed by atoms with E-state index in [0.717, 1.165) is 18.2 Å². The maximum absolute atomic E-state index is 4.70. The Hall–Kier alpha value is 0.690. The molecule has 1 saturated heterocycles. The van der Waals surface area contributed by atoms with Gasteiger partial charge in [0.05, 0.1) is 0 Å². The molecule has 0 amide bonds. The second-order valence-electron chi connectivity index (χ2n) is 1.18. The summed E-state index contributed by atoms with van der Waals surface area (Å²) >= 11 is 4.70. The minimum Gasteiger partial charge on any atom is -0.361 e. The van der Waals surface area contributed by atoms with Crippen molar-refractivity contribution in [3.8, 4) is 0 Å². The van der Waals surface area contributed by atoms with Gasteiger partial charge < -0.3 is 10.6 Å². The molecule has 0 atom stereocenters. The van der Waals surface area contributed by atoms with Gasteiger partial charge in [-0.25, -0.2) is 0 Å². The first-order chi connectivity index (χ1) is 2.89. The Balaban J connectivity index is 0.000000360. The SMILES string of the molecule is S=C1NCCN1.[Na]. The molecule has 35 valence electrons. The third kappa shape index (κ3) is 2.49. The van der Waals surface area contributed by atoms with Gasteiger partial charge in [0, 0.05) is 42.6 Å². The summed E-state index contributed by atoms with van der Waals surface area (Å²) in [4.78, 5) is 0. The fourth-order valence-corrected chi connectivity index (χ4v) is 0.619. The van der Waals surface area contributed by atoms with Crippen LogP contribution in [-0.4, -0.2) is 47.8 Å². The molecule has 1 fully saturated rings. The van der Waals surface area contributed by atoms with Crippen LogP contribution in [-0.2, 0) is 0 Å². The van der Waals surface area contributed by atoms with Gasteiger partial charge in [-0.05, 0) is 12.2 Å². The van der Waals surface area contributed by atoms with E-state index in [1.807, 2.05) is 0 Å². The number of thiocarbonyl (C=S) groups is 1. The zero-order valence-corrected chi connectivity index (χ0v) is 7.14. The molecule has 1 heterocycles. The zero-order valence-electron chi connectivity index (χ0n) is 4.32. The molecular weight excluding hydrogens is 119 g/mol. The van der Waals surface area contributed by atoms with E-state index in [1.54, 1.807) is 0 Å². The van der Waals surface area contributed by atoms with Crippen LogP contribution in [0.3, 0.4) is 0 Å². The summed E-state index contributed by atoms with van der Waals surface area (Å²) in [5.41, 5.74) is 0. The summed E-state index contributed by atoms with van der Waals surface area (Å²) < 4.78 is 0. The van der Waals surface area contributed by atoms with Crippen LogP contribution >= 0.6 is 12.2 Å². The van der Waals surface area contributed by atoms with Gasteiger partial charge in [0.25, 0.3) is 0 Å².